The molecule has 0 spiro atoms. The van der Waals surface area contributed by atoms with E-state index in [4.69, 9.17) is 9.47 Å². The average Bonchev–Trinajstić information content (AvgIpc) is 2.71. The number of carbonyl (C=O) groups excluding carboxylic acids is 1. The van der Waals surface area contributed by atoms with Crippen molar-refractivity contribution in [3.8, 4) is 0 Å². The highest BCUT2D eigenvalue weighted by Gasteiger charge is 2.52. The van der Waals surface area contributed by atoms with Crippen molar-refractivity contribution in [2.45, 2.75) is 32.3 Å². The third kappa shape index (κ3) is 1.71. The molecule has 0 aromatic rings. The first kappa shape index (κ1) is 8.53. The normalized spacial score (nSPS) is 28.2. The maximum Gasteiger partial charge on any atom is 0.340 e. The van der Waals surface area contributed by atoms with Gasteiger partial charge in [0.15, 0.2) is 5.60 Å². The molecule has 1 aliphatic heterocycles. The molecule has 0 radical (unpaired) electrons. The van der Waals surface area contributed by atoms with E-state index in [1.807, 2.05) is 6.92 Å². The molecule has 1 heterocycles. The summed E-state index contributed by atoms with van der Waals surface area (Å²) in [7, 11) is 0. The number of rotatable bonds is 4. The third-order valence-corrected chi connectivity index (χ3v) is 1.79. The molecule has 1 atom stereocenters. The fraction of sp³-hybridized carbons (Fsp3) is 0.875. The van der Waals surface area contributed by atoms with E-state index >= 15 is 0 Å². The van der Waals surface area contributed by atoms with E-state index in [-0.39, 0.29) is 5.97 Å². The van der Waals surface area contributed by atoms with Crippen molar-refractivity contribution in [3.63, 3.8) is 0 Å². The highest BCUT2D eigenvalue weighted by molar-refractivity contribution is 5.82. The summed E-state index contributed by atoms with van der Waals surface area (Å²) >= 11 is 0. The molecule has 0 aromatic heterocycles. The lowest BCUT2D eigenvalue weighted by Crippen LogP contribution is -2.26. The predicted molar refractivity (Wildman–Crippen MR) is 40.2 cm³/mol. The van der Waals surface area contributed by atoms with E-state index in [9.17, 15) is 4.79 Å². The lowest BCUT2D eigenvalue weighted by molar-refractivity contribution is -0.149. The highest BCUT2D eigenvalue weighted by atomic mass is 16.6. The summed E-state index contributed by atoms with van der Waals surface area (Å²) in [5, 5.41) is 0. The molecule has 11 heavy (non-hydrogen) atoms. The standard InChI is InChI=1S/C8H14O3/c1-3-5-8(6-11-8)7(9)10-4-2/h3-6H2,1-2H3. The summed E-state index contributed by atoms with van der Waals surface area (Å²) in [5.41, 5.74) is -0.551. The van der Waals surface area contributed by atoms with Crippen LogP contribution in [0.3, 0.4) is 0 Å². The minimum atomic E-state index is -0.551. The Labute approximate surface area is 66.7 Å². The number of carbonyl (C=O) groups is 1. The van der Waals surface area contributed by atoms with Crippen molar-refractivity contribution in [2.24, 2.45) is 0 Å². The molecule has 0 saturated carbocycles. The minimum Gasteiger partial charge on any atom is -0.464 e. The molecular formula is C8H14O3. The zero-order valence-electron chi connectivity index (χ0n) is 7.05. The van der Waals surface area contributed by atoms with Crippen LogP contribution in [0.15, 0.2) is 0 Å². The van der Waals surface area contributed by atoms with Gasteiger partial charge in [-0.1, -0.05) is 13.3 Å². The highest BCUT2D eigenvalue weighted by Crippen LogP contribution is 2.33. The van der Waals surface area contributed by atoms with Gasteiger partial charge in [0.25, 0.3) is 0 Å². The van der Waals surface area contributed by atoms with Crippen LogP contribution in [-0.4, -0.2) is 24.8 Å². The topological polar surface area (TPSA) is 38.8 Å². The summed E-state index contributed by atoms with van der Waals surface area (Å²) in [4.78, 5) is 11.2. The van der Waals surface area contributed by atoms with Crippen LogP contribution >= 0.6 is 0 Å². The zero-order chi connectivity index (χ0) is 8.32. The van der Waals surface area contributed by atoms with Gasteiger partial charge in [0.05, 0.1) is 13.2 Å². The quantitative estimate of drug-likeness (QED) is 0.454. The van der Waals surface area contributed by atoms with Gasteiger partial charge in [-0.15, -0.1) is 0 Å². The first-order valence-corrected chi connectivity index (χ1v) is 4.06. The molecule has 0 bridgehead atoms. The van der Waals surface area contributed by atoms with Gasteiger partial charge in [0.1, 0.15) is 0 Å². The molecule has 1 fully saturated rings. The molecule has 0 aromatic carbocycles. The second-order valence-electron chi connectivity index (χ2n) is 2.75. The molecule has 0 aliphatic carbocycles. The van der Waals surface area contributed by atoms with Gasteiger partial charge in [-0.05, 0) is 13.3 Å². The fourth-order valence-electron chi connectivity index (χ4n) is 1.12. The lowest BCUT2D eigenvalue weighted by Gasteiger charge is -2.08. The lowest BCUT2D eigenvalue weighted by atomic mass is 10.1. The SMILES string of the molecule is CCCC1(C(=O)OCC)CO1. The maximum absolute atomic E-state index is 11.2. The van der Waals surface area contributed by atoms with E-state index in [1.165, 1.54) is 0 Å². The van der Waals surface area contributed by atoms with Crippen LogP contribution in [0.25, 0.3) is 0 Å². The van der Waals surface area contributed by atoms with Crippen LogP contribution in [0.5, 0.6) is 0 Å². The van der Waals surface area contributed by atoms with E-state index in [0.29, 0.717) is 13.2 Å². The van der Waals surface area contributed by atoms with Crippen molar-refractivity contribution in [2.75, 3.05) is 13.2 Å². The minimum absolute atomic E-state index is 0.193. The Hall–Kier alpha value is -0.570. The van der Waals surface area contributed by atoms with Crippen molar-refractivity contribution in [1.29, 1.82) is 0 Å². The average molecular weight is 158 g/mol. The van der Waals surface area contributed by atoms with Gasteiger partial charge < -0.3 is 9.47 Å². The van der Waals surface area contributed by atoms with Gasteiger partial charge in [0.2, 0.25) is 0 Å². The van der Waals surface area contributed by atoms with Gasteiger partial charge in [-0.2, -0.15) is 0 Å². The molecular weight excluding hydrogens is 144 g/mol. The molecule has 1 rings (SSSR count). The van der Waals surface area contributed by atoms with E-state index in [2.05, 4.69) is 0 Å². The molecule has 1 aliphatic rings. The predicted octanol–water partition coefficient (Wildman–Crippen LogP) is 1.12. The Kier molecular flexibility index (Phi) is 2.49. The first-order valence-electron chi connectivity index (χ1n) is 4.06. The first-order chi connectivity index (χ1) is 5.25. The summed E-state index contributed by atoms with van der Waals surface area (Å²) < 4.78 is 9.93. The molecule has 3 nitrogen and oxygen atoms in total. The number of esters is 1. The Morgan fingerprint density at radius 1 is 1.64 bits per heavy atom. The van der Waals surface area contributed by atoms with Gasteiger partial charge >= 0.3 is 5.97 Å². The zero-order valence-corrected chi connectivity index (χ0v) is 7.05. The summed E-state index contributed by atoms with van der Waals surface area (Å²) in [6.07, 6.45) is 1.74. The Balaban J connectivity index is 2.38. The number of hydrogen-bond acceptors (Lipinski definition) is 3. The third-order valence-electron chi connectivity index (χ3n) is 1.79. The van der Waals surface area contributed by atoms with Gasteiger partial charge in [-0.3, -0.25) is 0 Å². The summed E-state index contributed by atoms with van der Waals surface area (Å²) in [5.74, 6) is -0.193. The number of epoxide rings is 1. The van der Waals surface area contributed by atoms with Crippen molar-refractivity contribution >= 4 is 5.97 Å². The van der Waals surface area contributed by atoms with Crippen molar-refractivity contribution in [1.82, 2.24) is 0 Å². The van der Waals surface area contributed by atoms with Crippen LogP contribution in [0.2, 0.25) is 0 Å². The van der Waals surface area contributed by atoms with Crippen LogP contribution < -0.4 is 0 Å². The van der Waals surface area contributed by atoms with E-state index < -0.39 is 5.60 Å². The van der Waals surface area contributed by atoms with Crippen LogP contribution in [-0.2, 0) is 14.3 Å². The molecule has 64 valence electrons. The van der Waals surface area contributed by atoms with Gasteiger partial charge in [0, 0.05) is 0 Å². The molecule has 1 saturated heterocycles. The van der Waals surface area contributed by atoms with E-state index in [1.54, 1.807) is 6.92 Å². The molecule has 1 unspecified atom stereocenters. The molecule has 3 heteroatoms. The van der Waals surface area contributed by atoms with E-state index in [0.717, 1.165) is 12.8 Å². The van der Waals surface area contributed by atoms with Gasteiger partial charge in [-0.25, -0.2) is 4.79 Å². The maximum atomic E-state index is 11.2. The largest absolute Gasteiger partial charge is 0.464 e. The monoisotopic (exact) mass is 158 g/mol. The smallest absolute Gasteiger partial charge is 0.340 e. The number of ether oxygens (including phenoxy) is 2. The van der Waals surface area contributed by atoms with Crippen molar-refractivity contribution < 1.29 is 14.3 Å². The fourth-order valence-corrected chi connectivity index (χ4v) is 1.12. The van der Waals surface area contributed by atoms with Crippen LogP contribution in [0.1, 0.15) is 26.7 Å². The Morgan fingerprint density at radius 3 is 2.64 bits per heavy atom. The second kappa shape index (κ2) is 3.22. The Bertz CT molecular complexity index is 149. The van der Waals surface area contributed by atoms with Crippen molar-refractivity contribution in [3.05, 3.63) is 0 Å². The molecule has 0 N–H and O–H groups in total. The summed E-state index contributed by atoms with van der Waals surface area (Å²) in [6, 6.07) is 0. The van der Waals surface area contributed by atoms with Crippen LogP contribution in [0, 0.1) is 0 Å². The summed E-state index contributed by atoms with van der Waals surface area (Å²) in [6.45, 7) is 4.82. The Morgan fingerprint density at radius 2 is 2.27 bits per heavy atom. The molecule has 0 amide bonds. The number of hydrogen-bond donors (Lipinski definition) is 0. The van der Waals surface area contributed by atoms with Crippen LogP contribution in [0.4, 0.5) is 0 Å². The second-order valence-corrected chi connectivity index (χ2v) is 2.75.